The van der Waals surface area contributed by atoms with E-state index in [4.69, 9.17) is 4.74 Å². The fourth-order valence-corrected chi connectivity index (χ4v) is 3.67. The van der Waals surface area contributed by atoms with Crippen LogP contribution in [0.5, 0.6) is 5.75 Å². The van der Waals surface area contributed by atoms with Crippen LogP contribution in [0.25, 0.3) is 0 Å². The van der Waals surface area contributed by atoms with Crippen molar-refractivity contribution in [1.82, 2.24) is 4.31 Å². The van der Waals surface area contributed by atoms with Crippen molar-refractivity contribution in [2.45, 2.75) is 17.1 Å². The molecule has 1 aromatic rings. The van der Waals surface area contributed by atoms with Crippen molar-refractivity contribution in [3.05, 3.63) is 28.3 Å². The number of benzene rings is 1. The molecular formula is C11H14N2O7S. The zero-order valence-electron chi connectivity index (χ0n) is 11.0. The van der Waals surface area contributed by atoms with Crippen molar-refractivity contribution in [2.75, 3.05) is 20.2 Å². The summed E-state index contributed by atoms with van der Waals surface area (Å²) in [5.41, 5.74) is -0.299. The number of rotatable bonds is 4. The second-order valence-corrected chi connectivity index (χ2v) is 6.46. The van der Waals surface area contributed by atoms with Gasteiger partial charge in [-0.15, -0.1) is 0 Å². The van der Waals surface area contributed by atoms with E-state index in [1.807, 2.05) is 0 Å². The number of hydrogen-bond donors (Lipinski definition) is 2. The predicted octanol–water partition coefficient (Wildman–Crippen LogP) is -0.671. The molecule has 1 aliphatic rings. The van der Waals surface area contributed by atoms with E-state index in [0.29, 0.717) is 0 Å². The average Bonchev–Trinajstić information content (AvgIpc) is 2.78. The van der Waals surface area contributed by atoms with Crippen molar-refractivity contribution < 1.29 is 28.3 Å². The van der Waals surface area contributed by atoms with Gasteiger partial charge in [0.25, 0.3) is 5.69 Å². The van der Waals surface area contributed by atoms with E-state index in [9.17, 15) is 28.7 Å². The van der Waals surface area contributed by atoms with Crippen LogP contribution < -0.4 is 4.74 Å². The molecule has 1 heterocycles. The molecule has 1 aliphatic heterocycles. The normalized spacial score (nSPS) is 23.2. The van der Waals surface area contributed by atoms with Gasteiger partial charge in [0.05, 0.1) is 30.3 Å². The predicted molar refractivity (Wildman–Crippen MR) is 70.4 cm³/mol. The maximum Gasteiger partial charge on any atom is 0.273 e. The Labute approximate surface area is 120 Å². The molecule has 21 heavy (non-hydrogen) atoms. The SMILES string of the molecule is COc1cc([N+](=O)[O-])ccc1S(=O)(=O)N1C[C@@H](O)[C@@H](O)C1. The number of nitrogens with zero attached hydrogens (tertiary/aromatic N) is 2. The molecule has 2 atom stereocenters. The topological polar surface area (TPSA) is 130 Å². The maximum absolute atomic E-state index is 12.4. The number of methoxy groups -OCH3 is 1. The highest BCUT2D eigenvalue weighted by atomic mass is 32.2. The van der Waals surface area contributed by atoms with Crippen LogP contribution in [0.1, 0.15) is 0 Å². The zero-order chi connectivity index (χ0) is 15.8. The highest BCUT2D eigenvalue weighted by molar-refractivity contribution is 7.89. The Balaban J connectivity index is 2.43. The lowest BCUT2D eigenvalue weighted by molar-refractivity contribution is -0.385. The standard InChI is InChI=1S/C11H14N2O7S/c1-20-10-4-7(13(16)17)2-3-11(10)21(18,19)12-5-8(14)9(15)6-12/h2-4,8-9,14-15H,5-6H2,1H3/t8-,9+. The lowest BCUT2D eigenvalue weighted by Crippen LogP contribution is -2.30. The van der Waals surface area contributed by atoms with Crippen LogP contribution in [0, 0.1) is 10.1 Å². The molecule has 1 saturated heterocycles. The Morgan fingerprint density at radius 3 is 2.38 bits per heavy atom. The molecule has 1 aromatic carbocycles. The van der Waals surface area contributed by atoms with Crippen molar-refractivity contribution in [3.8, 4) is 5.75 Å². The van der Waals surface area contributed by atoms with Gasteiger partial charge in [-0.2, -0.15) is 4.31 Å². The van der Waals surface area contributed by atoms with Gasteiger partial charge in [0.15, 0.2) is 0 Å². The van der Waals surface area contributed by atoms with Crippen molar-refractivity contribution in [3.63, 3.8) is 0 Å². The number of sulfonamides is 1. The minimum absolute atomic E-state index is 0.167. The Morgan fingerprint density at radius 2 is 1.90 bits per heavy atom. The fourth-order valence-electron chi connectivity index (χ4n) is 2.05. The van der Waals surface area contributed by atoms with Gasteiger partial charge in [-0.05, 0) is 6.07 Å². The van der Waals surface area contributed by atoms with Gasteiger partial charge >= 0.3 is 0 Å². The van der Waals surface area contributed by atoms with Gasteiger partial charge in [-0.1, -0.05) is 0 Å². The van der Waals surface area contributed by atoms with E-state index in [1.165, 1.54) is 7.11 Å². The summed E-state index contributed by atoms with van der Waals surface area (Å²) < 4.78 is 30.7. The second-order valence-electron chi connectivity index (χ2n) is 4.55. The van der Waals surface area contributed by atoms with Crippen molar-refractivity contribution in [2.24, 2.45) is 0 Å². The summed E-state index contributed by atoms with van der Waals surface area (Å²) in [7, 11) is -2.82. The summed E-state index contributed by atoms with van der Waals surface area (Å²) in [6.45, 7) is -0.493. The minimum atomic E-state index is -4.02. The van der Waals surface area contributed by atoms with Gasteiger partial charge in [0, 0.05) is 19.2 Å². The van der Waals surface area contributed by atoms with Crippen molar-refractivity contribution in [1.29, 1.82) is 0 Å². The van der Waals surface area contributed by atoms with Crippen LogP contribution in [0.15, 0.2) is 23.1 Å². The van der Waals surface area contributed by atoms with E-state index in [-0.39, 0.29) is 29.4 Å². The summed E-state index contributed by atoms with van der Waals surface area (Å²) in [5, 5.41) is 29.6. The summed E-state index contributed by atoms with van der Waals surface area (Å²) in [6.07, 6.45) is -2.33. The molecule has 2 N–H and O–H groups in total. The van der Waals surface area contributed by atoms with Crippen LogP contribution in [-0.2, 0) is 10.0 Å². The monoisotopic (exact) mass is 318 g/mol. The van der Waals surface area contributed by atoms with Gasteiger partial charge in [-0.25, -0.2) is 8.42 Å². The second kappa shape index (κ2) is 5.56. The number of ether oxygens (including phenoxy) is 1. The Kier molecular flexibility index (Phi) is 4.14. The Morgan fingerprint density at radius 1 is 1.33 bits per heavy atom. The van der Waals surface area contributed by atoms with Crippen LogP contribution >= 0.6 is 0 Å². The molecule has 0 amide bonds. The lowest BCUT2D eigenvalue weighted by atomic mass is 10.3. The molecule has 0 bridgehead atoms. The summed E-state index contributed by atoms with van der Waals surface area (Å²) in [6, 6.07) is 3.14. The molecule has 1 fully saturated rings. The zero-order valence-corrected chi connectivity index (χ0v) is 11.9. The molecular weight excluding hydrogens is 304 g/mol. The smallest absolute Gasteiger partial charge is 0.273 e. The van der Waals surface area contributed by atoms with Crippen LogP contribution in [-0.4, -0.2) is 60.3 Å². The first-order chi connectivity index (χ1) is 9.77. The number of hydrogen-bond acceptors (Lipinski definition) is 7. The minimum Gasteiger partial charge on any atom is -0.495 e. The van der Waals surface area contributed by atoms with Crippen molar-refractivity contribution >= 4 is 15.7 Å². The quantitative estimate of drug-likeness (QED) is 0.556. The number of β-amino-alcohol motifs (C(OH)–C–C–N with tert-alkyl or cyclic N) is 2. The first-order valence-corrected chi connectivity index (χ1v) is 7.40. The van der Waals surface area contributed by atoms with E-state index in [0.717, 1.165) is 22.5 Å². The number of aliphatic hydroxyl groups is 2. The summed E-state index contributed by atoms with van der Waals surface area (Å²) in [4.78, 5) is 9.78. The molecule has 2 rings (SSSR count). The fraction of sp³-hybridized carbons (Fsp3) is 0.455. The van der Waals surface area contributed by atoms with Gasteiger partial charge in [0.2, 0.25) is 10.0 Å². The third kappa shape index (κ3) is 2.83. The molecule has 0 unspecified atom stereocenters. The highest BCUT2D eigenvalue weighted by Crippen LogP contribution is 2.31. The van der Waals surface area contributed by atoms with Gasteiger partial charge in [0.1, 0.15) is 10.6 Å². The molecule has 0 aromatic heterocycles. The summed E-state index contributed by atoms with van der Waals surface area (Å²) >= 11 is 0. The number of nitro groups is 1. The molecule has 0 saturated carbocycles. The lowest BCUT2D eigenvalue weighted by Gasteiger charge is -2.17. The van der Waals surface area contributed by atoms with Crippen LogP contribution in [0.2, 0.25) is 0 Å². The Hall–Kier alpha value is -1.75. The average molecular weight is 318 g/mol. The van der Waals surface area contributed by atoms with E-state index in [1.54, 1.807) is 0 Å². The van der Waals surface area contributed by atoms with E-state index in [2.05, 4.69) is 0 Å². The molecule has 9 nitrogen and oxygen atoms in total. The van der Waals surface area contributed by atoms with E-state index >= 15 is 0 Å². The molecule has 0 radical (unpaired) electrons. The number of non-ortho nitro benzene ring substituents is 1. The number of aliphatic hydroxyl groups excluding tert-OH is 2. The first-order valence-electron chi connectivity index (χ1n) is 5.96. The van der Waals surface area contributed by atoms with Gasteiger partial charge < -0.3 is 14.9 Å². The van der Waals surface area contributed by atoms with E-state index < -0.39 is 27.2 Å². The maximum atomic E-state index is 12.4. The Bertz CT molecular complexity index is 651. The molecule has 10 heteroatoms. The first kappa shape index (κ1) is 15.6. The van der Waals surface area contributed by atoms with Crippen LogP contribution in [0.3, 0.4) is 0 Å². The molecule has 0 spiro atoms. The van der Waals surface area contributed by atoms with Gasteiger partial charge in [-0.3, -0.25) is 10.1 Å². The third-order valence-corrected chi connectivity index (χ3v) is 5.07. The highest BCUT2D eigenvalue weighted by Gasteiger charge is 2.39. The number of nitro benzene ring substituents is 1. The molecule has 0 aliphatic carbocycles. The third-order valence-electron chi connectivity index (χ3n) is 3.20. The van der Waals surface area contributed by atoms with Crippen LogP contribution in [0.4, 0.5) is 5.69 Å². The summed E-state index contributed by atoms with van der Waals surface area (Å²) in [5.74, 6) is -0.167. The largest absolute Gasteiger partial charge is 0.495 e. The molecule has 116 valence electrons.